The largest absolute Gasteiger partial charge is 0.459 e. The van der Waals surface area contributed by atoms with Crippen molar-refractivity contribution in [3.05, 3.63) is 58.5 Å². The maximum Gasteiger partial charge on any atom is 0.289 e. The molecule has 0 saturated carbocycles. The second-order valence-corrected chi connectivity index (χ2v) is 8.47. The summed E-state index contributed by atoms with van der Waals surface area (Å²) in [5.41, 5.74) is 1.22. The van der Waals surface area contributed by atoms with Crippen LogP contribution in [0.1, 0.15) is 30.0 Å². The van der Waals surface area contributed by atoms with Gasteiger partial charge in [0.05, 0.1) is 6.26 Å². The molecule has 0 aliphatic carbocycles. The molecule has 0 unspecified atom stereocenters. The van der Waals surface area contributed by atoms with Crippen LogP contribution in [0.3, 0.4) is 0 Å². The van der Waals surface area contributed by atoms with Gasteiger partial charge in [0, 0.05) is 49.7 Å². The third kappa shape index (κ3) is 5.97. The molecule has 2 heterocycles. The van der Waals surface area contributed by atoms with E-state index in [0.717, 1.165) is 30.1 Å². The third-order valence-electron chi connectivity index (χ3n) is 5.10. The van der Waals surface area contributed by atoms with Crippen LogP contribution >= 0.6 is 39.9 Å². The number of benzene rings is 1. The Morgan fingerprint density at radius 2 is 1.86 bits per heavy atom. The number of aliphatic imine (C=N–C) groups is 1. The van der Waals surface area contributed by atoms with Crippen molar-refractivity contribution in [2.75, 3.05) is 39.8 Å². The van der Waals surface area contributed by atoms with E-state index in [9.17, 15) is 4.79 Å². The standard InChI is InChI=1S/C21H27BrN4O2.HI/c1-21(2,16-6-4-7-17(22)14-16)15-24-20(23-3)26-11-9-25(10-12-26)19(27)18-8-5-13-28-18;/h4-8,13-14H,9-12,15H2,1-3H3,(H,23,24);1H. The van der Waals surface area contributed by atoms with E-state index in [2.05, 4.69) is 63.2 Å². The SMILES string of the molecule is CN=C(NCC(C)(C)c1cccc(Br)c1)N1CCN(C(=O)c2ccco2)CC1.I. The van der Waals surface area contributed by atoms with E-state index in [4.69, 9.17) is 4.42 Å². The fourth-order valence-electron chi connectivity index (χ4n) is 3.32. The van der Waals surface area contributed by atoms with Crippen LogP contribution in [-0.2, 0) is 5.41 Å². The summed E-state index contributed by atoms with van der Waals surface area (Å²) in [6, 6.07) is 11.8. The van der Waals surface area contributed by atoms with Gasteiger partial charge in [-0.2, -0.15) is 0 Å². The van der Waals surface area contributed by atoms with Gasteiger partial charge in [-0.1, -0.05) is 41.9 Å². The summed E-state index contributed by atoms with van der Waals surface area (Å²) < 4.78 is 6.31. The average Bonchev–Trinajstić information content (AvgIpc) is 3.23. The Kier molecular flexibility index (Phi) is 8.57. The van der Waals surface area contributed by atoms with Crippen LogP contribution in [-0.4, -0.2) is 61.4 Å². The molecule has 0 spiro atoms. The summed E-state index contributed by atoms with van der Waals surface area (Å²) in [5.74, 6) is 1.21. The maximum absolute atomic E-state index is 12.4. The summed E-state index contributed by atoms with van der Waals surface area (Å²) in [6.45, 7) is 7.98. The molecule has 29 heavy (non-hydrogen) atoms. The number of hydrogen-bond donors (Lipinski definition) is 1. The second-order valence-electron chi connectivity index (χ2n) is 7.55. The Labute approximate surface area is 197 Å². The van der Waals surface area contributed by atoms with Crippen LogP contribution in [0.25, 0.3) is 0 Å². The van der Waals surface area contributed by atoms with E-state index in [1.807, 2.05) is 11.0 Å². The van der Waals surface area contributed by atoms with Crippen molar-refractivity contribution in [2.45, 2.75) is 19.3 Å². The van der Waals surface area contributed by atoms with Gasteiger partial charge < -0.3 is 19.5 Å². The second kappa shape index (κ2) is 10.5. The van der Waals surface area contributed by atoms with Crippen molar-refractivity contribution in [2.24, 2.45) is 4.99 Å². The Bertz CT molecular complexity index is 831. The highest BCUT2D eigenvalue weighted by Gasteiger charge is 2.27. The molecule has 0 radical (unpaired) electrons. The number of nitrogens with zero attached hydrogens (tertiary/aromatic N) is 3. The van der Waals surface area contributed by atoms with Crippen LogP contribution in [0, 0.1) is 0 Å². The van der Waals surface area contributed by atoms with Crippen molar-refractivity contribution in [3.8, 4) is 0 Å². The van der Waals surface area contributed by atoms with Gasteiger partial charge in [-0.15, -0.1) is 24.0 Å². The Balaban J connectivity index is 0.00000300. The smallest absolute Gasteiger partial charge is 0.289 e. The topological polar surface area (TPSA) is 61.1 Å². The van der Waals surface area contributed by atoms with Crippen molar-refractivity contribution in [1.29, 1.82) is 0 Å². The Morgan fingerprint density at radius 1 is 1.17 bits per heavy atom. The van der Waals surface area contributed by atoms with Gasteiger partial charge in [0.25, 0.3) is 5.91 Å². The van der Waals surface area contributed by atoms with Crippen molar-refractivity contribution in [3.63, 3.8) is 0 Å². The minimum atomic E-state index is -0.0524. The minimum absolute atomic E-state index is 0. The molecule has 0 atom stereocenters. The summed E-state index contributed by atoms with van der Waals surface area (Å²) in [7, 11) is 1.80. The van der Waals surface area contributed by atoms with E-state index < -0.39 is 0 Å². The number of rotatable bonds is 4. The summed E-state index contributed by atoms with van der Waals surface area (Å²) in [5, 5.41) is 3.51. The molecule has 6 nitrogen and oxygen atoms in total. The average molecular weight is 575 g/mol. The number of halogens is 2. The first-order chi connectivity index (χ1) is 13.4. The highest BCUT2D eigenvalue weighted by Crippen LogP contribution is 2.25. The number of guanidine groups is 1. The maximum atomic E-state index is 12.4. The van der Waals surface area contributed by atoms with E-state index >= 15 is 0 Å². The number of amides is 1. The molecule has 1 amide bonds. The lowest BCUT2D eigenvalue weighted by Gasteiger charge is -2.37. The summed E-state index contributed by atoms with van der Waals surface area (Å²) in [4.78, 5) is 20.9. The molecule has 1 aliphatic heterocycles. The number of furan rings is 1. The molecule has 3 rings (SSSR count). The summed E-state index contributed by atoms with van der Waals surface area (Å²) in [6.07, 6.45) is 1.53. The van der Waals surface area contributed by atoms with Crippen LogP contribution in [0.5, 0.6) is 0 Å². The van der Waals surface area contributed by atoms with E-state index in [1.54, 1.807) is 19.2 Å². The first-order valence-electron chi connectivity index (χ1n) is 9.45. The zero-order chi connectivity index (χ0) is 20.1. The third-order valence-corrected chi connectivity index (χ3v) is 5.60. The number of nitrogens with one attached hydrogen (secondary N) is 1. The molecule has 0 bridgehead atoms. The Hall–Kier alpha value is -1.55. The zero-order valence-corrected chi connectivity index (χ0v) is 20.9. The number of piperazine rings is 1. The van der Waals surface area contributed by atoms with Crippen molar-refractivity contribution < 1.29 is 9.21 Å². The number of carbonyl (C=O) groups is 1. The van der Waals surface area contributed by atoms with E-state index in [0.29, 0.717) is 18.8 Å². The molecule has 158 valence electrons. The lowest BCUT2D eigenvalue weighted by Crippen LogP contribution is -2.54. The molecular formula is C21H28BrIN4O2. The Morgan fingerprint density at radius 3 is 2.45 bits per heavy atom. The molecule has 8 heteroatoms. The van der Waals surface area contributed by atoms with Gasteiger partial charge in [-0.05, 0) is 29.8 Å². The normalized spacial score (nSPS) is 15.1. The molecule has 2 aromatic rings. The molecule has 1 fully saturated rings. The fraction of sp³-hybridized carbons (Fsp3) is 0.429. The van der Waals surface area contributed by atoms with Crippen LogP contribution in [0.4, 0.5) is 0 Å². The molecule has 1 N–H and O–H groups in total. The molecule has 1 aliphatic rings. The molecule has 1 saturated heterocycles. The number of carbonyl (C=O) groups excluding carboxylic acids is 1. The number of hydrogen-bond acceptors (Lipinski definition) is 3. The zero-order valence-electron chi connectivity index (χ0n) is 17.0. The van der Waals surface area contributed by atoms with Crippen LogP contribution in [0.2, 0.25) is 0 Å². The quantitative estimate of drug-likeness (QED) is 0.341. The molecule has 1 aromatic heterocycles. The molecular weight excluding hydrogens is 547 g/mol. The predicted octanol–water partition coefficient (Wildman–Crippen LogP) is 3.97. The van der Waals surface area contributed by atoms with Gasteiger partial charge in [-0.25, -0.2) is 0 Å². The predicted molar refractivity (Wildman–Crippen MR) is 130 cm³/mol. The van der Waals surface area contributed by atoms with Gasteiger partial charge in [0.1, 0.15) is 0 Å². The highest BCUT2D eigenvalue weighted by atomic mass is 127. The first-order valence-corrected chi connectivity index (χ1v) is 10.2. The fourth-order valence-corrected chi connectivity index (χ4v) is 3.72. The minimum Gasteiger partial charge on any atom is -0.459 e. The van der Waals surface area contributed by atoms with Crippen LogP contribution in [0.15, 0.2) is 56.5 Å². The lowest BCUT2D eigenvalue weighted by atomic mass is 9.85. The van der Waals surface area contributed by atoms with Crippen molar-refractivity contribution in [1.82, 2.24) is 15.1 Å². The lowest BCUT2D eigenvalue weighted by molar-refractivity contribution is 0.0657. The van der Waals surface area contributed by atoms with Gasteiger partial charge in [-0.3, -0.25) is 9.79 Å². The van der Waals surface area contributed by atoms with Gasteiger partial charge in [0.2, 0.25) is 0 Å². The monoisotopic (exact) mass is 574 g/mol. The van der Waals surface area contributed by atoms with Gasteiger partial charge >= 0.3 is 0 Å². The van der Waals surface area contributed by atoms with E-state index in [1.165, 1.54) is 11.8 Å². The first kappa shape index (κ1) is 23.7. The summed E-state index contributed by atoms with van der Waals surface area (Å²) >= 11 is 3.55. The van der Waals surface area contributed by atoms with E-state index in [-0.39, 0.29) is 35.3 Å². The highest BCUT2D eigenvalue weighted by molar-refractivity contribution is 14.0. The van der Waals surface area contributed by atoms with Crippen molar-refractivity contribution >= 4 is 51.8 Å². The van der Waals surface area contributed by atoms with Crippen LogP contribution < -0.4 is 5.32 Å². The van der Waals surface area contributed by atoms with Gasteiger partial charge in [0.15, 0.2) is 11.7 Å². The molecule has 1 aromatic carbocycles.